The number of rotatable bonds is 10. The summed E-state index contributed by atoms with van der Waals surface area (Å²) < 4.78 is 84.2. The molecule has 6 rings (SSSR count). The number of allylic oxidation sites excluding steroid dienone is 1. The maximum atomic E-state index is 14.0. The van der Waals surface area contributed by atoms with Crippen LogP contribution in [-0.4, -0.2) is 19.3 Å². The van der Waals surface area contributed by atoms with E-state index in [-0.39, 0.29) is 41.6 Å². The average molecular weight is 812 g/mol. The van der Waals surface area contributed by atoms with Gasteiger partial charge >= 0.3 is 0 Å². The highest BCUT2D eigenvalue weighted by Crippen LogP contribution is 2.48. The topological polar surface area (TPSA) is 78.7 Å². The number of fused-ring (bicyclic) bond motifs is 2. The number of nitrogens with zero attached hydrogens (tertiary/aromatic N) is 4. The maximum Gasteiger partial charge on any atom is 0.292 e. The molecule has 0 fully saturated rings. The van der Waals surface area contributed by atoms with Crippen molar-refractivity contribution in [3.05, 3.63) is 128 Å². The summed E-state index contributed by atoms with van der Waals surface area (Å²) in [5.74, 6) is -5.06. The lowest BCUT2D eigenvalue weighted by Crippen LogP contribution is -2.29. The highest BCUT2D eigenvalue weighted by molar-refractivity contribution is 5.79. The van der Waals surface area contributed by atoms with Gasteiger partial charge in [-0.05, 0) is 98.5 Å². The van der Waals surface area contributed by atoms with Gasteiger partial charge in [0, 0.05) is 23.5 Å². The van der Waals surface area contributed by atoms with Crippen molar-refractivity contribution >= 4 is 16.6 Å². The SMILES string of the molecule is C=C(C)Cn1nc(C(F)F)c2c1C(F)(F)[C@@H](C)C2.CC.CC.CCCc1ccc(-n2c(C(Cc3cc(F)cc(F)c3)C(C)C)nc3cc(C)ccc3c2=O)c(N)c1C. The molecule has 1 aliphatic carbocycles. The van der Waals surface area contributed by atoms with Crippen LogP contribution in [0.25, 0.3) is 16.6 Å². The Bertz CT molecular complexity index is 2240. The van der Waals surface area contributed by atoms with E-state index in [1.807, 2.05) is 79.7 Å². The second-order valence-corrected chi connectivity index (χ2v) is 14.9. The van der Waals surface area contributed by atoms with E-state index in [1.54, 1.807) is 17.6 Å². The third-order valence-electron chi connectivity index (χ3n) is 10.1. The van der Waals surface area contributed by atoms with E-state index in [9.17, 15) is 31.1 Å². The number of aryl methyl sites for hydroxylation is 2. The number of hydrogen-bond donors (Lipinski definition) is 1. The van der Waals surface area contributed by atoms with Crippen LogP contribution in [0.5, 0.6) is 0 Å². The lowest BCUT2D eigenvalue weighted by molar-refractivity contribution is -0.0528. The lowest BCUT2D eigenvalue weighted by Gasteiger charge is -2.26. The van der Waals surface area contributed by atoms with Gasteiger partial charge in [0.1, 0.15) is 28.8 Å². The molecule has 0 saturated heterocycles. The Hall–Kier alpha value is -4.87. The number of anilines is 1. The van der Waals surface area contributed by atoms with Crippen LogP contribution >= 0.6 is 0 Å². The van der Waals surface area contributed by atoms with Crippen molar-refractivity contribution in [3.8, 4) is 5.69 Å². The van der Waals surface area contributed by atoms with Gasteiger partial charge in [0.2, 0.25) is 0 Å². The maximum absolute atomic E-state index is 14.0. The van der Waals surface area contributed by atoms with Crippen LogP contribution in [0.4, 0.5) is 32.0 Å². The summed E-state index contributed by atoms with van der Waals surface area (Å²) in [6.45, 7) is 24.7. The summed E-state index contributed by atoms with van der Waals surface area (Å²) in [5.41, 5.74) is 11.5. The Balaban J connectivity index is 0.000000343. The standard InChI is InChI=1S/C30H33F2N3O.C12H14F4N2.2C2H6/c1-6-7-21-9-11-27(28(33)19(21)5)35-29(34-26-12-18(4)8-10-24(26)30(35)36)25(17(2)3)15-20-13-22(31)16-23(32)14-20;1-6(2)5-18-10-8(9(17-18)11(13)14)4-7(3)12(10,15)16;2*1-2/h8-14,16-17,25H,6-7,15,33H2,1-5H3;7,11H,1,4-5H2,2-3H3;2*1-2H3/t;7-;;/m.0../s1. The first-order chi connectivity index (χ1) is 27.3. The second kappa shape index (κ2) is 20.2. The molecule has 1 unspecified atom stereocenters. The van der Waals surface area contributed by atoms with Crippen molar-refractivity contribution < 1.29 is 26.3 Å². The highest BCUT2D eigenvalue weighted by atomic mass is 19.3. The van der Waals surface area contributed by atoms with Crippen molar-refractivity contribution in [2.45, 2.75) is 127 Å². The molecule has 0 amide bonds. The molecule has 0 aliphatic heterocycles. The van der Waals surface area contributed by atoms with Gasteiger partial charge in [0.05, 0.1) is 28.8 Å². The second-order valence-electron chi connectivity index (χ2n) is 14.9. The van der Waals surface area contributed by atoms with Gasteiger partial charge in [-0.15, -0.1) is 0 Å². The molecule has 6 nitrogen and oxygen atoms in total. The van der Waals surface area contributed by atoms with Crippen LogP contribution in [0.3, 0.4) is 0 Å². The minimum atomic E-state index is -3.11. The Morgan fingerprint density at radius 3 is 2.17 bits per heavy atom. The van der Waals surface area contributed by atoms with Crippen molar-refractivity contribution in [2.24, 2.45) is 11.8 Å². The molecule has 0 bridgehead atoms. The number of nitrogen functional groups attached to an aromatic ring is 1. The van der Waals surface area contributed by atoms with Gasteiger partial charge in [0.25, 0.3) is 17.9 Å². The molecule has 2 aromatic heterocycles. The zero-order valence-corrected chi connectivity index (χ0v) is 35.7. The molecule has 12 heteroatoms. The Kier molecular flexibility index (Phi) is 16.5. The molecule has 2 heterocycles. The Morgan fingerprint density at radius 1 is 1.00 bits per heavy atom. The minimum Gasteiger partial charge on any atom is -0.397 e. The summed E-state index contributed by atoms with van der Waals surface area (Å²) in [6.07, 6.45) is -0.679. The van der Waals surface area contributed by atoms with Crippen LogP contribution in [-0.2, 0) is 31.7 Å². The molecule has 58 heavy (non-hydrogen) atoms. The Morgan fingerprint density at radius 2 is 1.62 bits per heavy atom. The third kappa shape index (κ3) is 10.2. The van der Waals surface area contributed by atoms with Crippen LogP contribution in [0.1, 0.15) is 126 Å². The number of hydrogen-bond acceptors (Lipinski definition) is 4. The van der Waals surface area contributed by atoms with Gasteiger partial charge in [0.15, 0.2) is 0 Å². The number of nitrogens with two attached hydrogens (primary N) is 1. The monoisotopic (exact) mass is 811 g/mol. The van der Waals surface area contributed by atoms with Crippen LogP contribution < -0.4 is 11.3 Å². The number of alkyl halides is 4. The molecule has 1 aliphatic rings. The summed E-state index contributed by atoms with van der Waals surface area (Å²) in [4.78, 5) is 19.0. The van der Waals surface area contributed by atoms with E-state index < -0.39 is 35.6 Å². The molecule has 2 atom stereocenters. The predicted molar refractivity (Wildman–Crippen MR) is 224 cm³/mol. The van der Waals surface area contributed by atoms with E-state index in [0.29, 0.717) is 45.7 Å². The molecule has 0 radical (unpaired) electrons. The largest absolute Gasteiger partial charge is 0.397 e. The molecular weight excluding hydrogens is 753 g/mol. The summed E-state index contributed by atoms with van der Waals surface area (Å²) in [6, 6.07) is 13.0. The highest BCUT2D eigenvalue weighted by Gasteiger charge is 2.51. The van der Waals surface area contributed by atoms with E-state index in [2.05, 4.69) is 18.6 Å². The summed E-state index contributed by atoms with van der Waals surface area (Å²) in [5, 5.41) is 4.13. The summed E-state index contributed by atoms with van der Waals surface area (Å²) in [7, 11) is 0. The molecule has 2 N–H and O–H groups in total. The van der Waals surface area contributed by atoms with E-state index in [1.165, 1.54) is 19.1 Å². The zero-order valence-electron chi connectivity index (χ0n) is 35.7. The van der Waals surface area contributed by atoms with Crippen molar-refractivity contribution in [1.82, 2.24) is 19.3 Å². The average Bonchev–Trinajstić information content (AvgIpc) is 3.63. The van der Waals surface area contributed by atoms with Crippen molar-refractivity contribution in [2.75, 3.05) is 5.73 Å². The van der Waals surface area contributed by atoms with Crippen LogP contribution in [0.15, 0.2) is 65.5 Å². The van der Waals surface area contributed by atoms with E-state index >= 15 is 0 Å². The van der Waals surface area contributed by atoms with Crippen LogP contribution in [0, 0.1) is 37.3 Å². The number of benzene rings is 3. The number of halogens is 6. The van der Waals surface area contributed by atoms with Gasteiger partial charge in [-0.2, -0.15) is 13.9 Å². The predicted octanol–water partition coefficient (Wildman–Crippen LogP) is 12.5. The first kappa shape index (κ1) is 47.5. The first-order valence-electron chi connectivity index (χ1n) is 20.1. The smallest absolute Gasteiger partial charge is 0.292 e. The van der Waals surface area contributed by atoms with Gasteiger partial charge in [-0.3, -0.25) is 14.0 Å². The molecule has 316 valence electrons. The molecular formula is C46H59F6N5O. The fourth-order valence-electron chi connectivity index (χ4n) is 7.20. The van der Waals surface area contributed by atoms with Crippen molar-refractivity contribution in [3.63, 3.8) is 0 Å². The normalized spacial score (nSPS) is 14.6. The number of aromatic nitrogens is 4. The van der Waals surface area contributed by atoms with Crippen molar-refractivity contribution in [1.29, 1.82) is 0 Å². The molecule has 0 saturated carbocycles. The van der Waals surface area contributed by atoms with Crippen LogP contribution in [0.2, 0.25) is 0 Å². The Labute approximate surface area is 339 Å². The summed E-state index contributed by atoms with van der Waals surface area (Å²) >= 11 is 0. The van der Waals surface area contributed by atoms with E-state index in [4.69, 9.17) is 10.7 Å². The van der Waals surface area contributed by atoms with E-state index in [0.717, 1.165) is 40.3 Å². The first-order valence-corrected chi connectivity index (χ1v) is 20.1. The molecule has 3 aromatic carbocycles. The lowest BCUT2D eigenvalue weighted by atomic mass is 9.87. The van der Waals surface area contributed by atoms with Gasteiger partial charge < -0.3 is 5.73 Å². The molecule has 0 spiro atoms. The fourth-order valence-corrected chi connectivity index (χ4v) is 7.20. The minimum absolute atomic E-state index is 0.00347. The van der Waals surface area contributed by atoms with Gasteiger partial charge in [-0.25, -0.2) is 22.5 Å². The molecule has 5 aromatic rings. The zero-order chi connectivity index (χ0) is 43.8. The third-order valence-corrected chi connectivity index (χ3v) is 10.1. The van der Waals surface area contributed by atoms with Gasteiger partial charge in [-0.1, -0.05) is 86.1 Å². The quantitative estimate of drug-likeness (QED) is 0.0865. The fraction of sp³-hybridized carbons (Fsp3) is 0.457.